The third-order valence-corrected chi connectivity index (χ3v) is 2.61. The van der Waals surface area contributed by atoms with Crippen molar-refractivity contribution >= 4 is 5.95 Å². The Kier molecular flexibility index (Phi) is 3.96. The van der Waals surface area contributed by atoms with Crippen molar-refractivity contribution in [2.75, 3.05) is 11.9 Å². The van der Waals surface area contributed by atoms with Gasteiger partial charge in [0.05, 0.1) is 0 Å². The van der Waals surface area contributed by atoms with Crippen molar-refractivity contribution in [3.05, 3.63) is 24.5 Å². The van der Waals surface area contributed by atoms with E-state index in [0.717, 1.165) is 31.3 Å². The van der Waals surface area contributed by atoms with E-state index in [9.17, 15) is 0 Å². The highest BCUT2D eigenvalue weighted by molar-refractivity contribution is 5.25. The number of imidazole rings is 1. The standard InChI is InChI=1S/C12H20N6/c1-10(2)8-14-12-13-5-7-18(12)6-4-11-15-9-17(3)16-11/h5,7,9-10H,4,6,8H2,1-3H3,(H,13,14). The van der Waals surface area contributed by atoms with Gasteiger partial charge in [0.15, 0.2) is 5.82 Å². The minimum Gasteiger partial charge on any atom is -0.355 e. The summed E-state index contributed by atoms with van der Waals surface area (Å²) in [5, 5.41) is 7.61. The van der Waals surface area contributed by atoms with Gasteiger partial charge in [-0.2, -0.15) is 5.10 Å². The summed E-state index contributed by atoms with van der Waals surface area (Å²) >= 11 is 0. The molecular weight excluding hydrogens is 228 g/mol. The van der Waals surface area contributed by atoms with Gasteiger partial charge in [-0.25, -0.2) is 9.97 Å². The lowest BCUT2D eigenvalue weighted by Gasteiger charge is -2.10. The van der Waals surface area contributed by atoms with Crippen LogP contribution in [0, 0.1) is 5.92 Å². The second kappa shape index (κ2) is 5.66. The van der Waals surface area contributed by atoms with E-state index in [-0.39, 0.29) is 0 Å². The summed E-state index contributed by atoms with van der Waals surface area (Å²) in [7, 11) is 1.88. The van der Waals surface area contributed by atoms with Gasteiger partial charge >= 0.3 is 0 Å². The fourth-order valence-electron chi connectivity index (χ4n) is 1.67. The highest BCUT2D eigenvalue weighted by atomic mass is 15.3. The molecule has 0 aliphatic heterocycles. The molecule has 0 spiro atoms. The molecule has 0 saturated heterocycles. The van der Waals surface area contributed by atoms with Crippen molar-refractivity contribution in [3.63, 3.8) is 0 Å². The zero-order chi connectivity index (χ0) is 13.0. The van der Waals surface area contributed by atoms with Gasteiger partial charge in [0.2, 0.25) is 5.95 Å². The molecule has 1 N–H and O–H groups in total. The molecule has 0 fully saturated rings. The number of anilines is 1. The van der Waals surface area contributed by atoms with E-state index in [0.29, 0.717) is 5.92 Å². The Hall–Kier alpha value is -1.85. The van der Waals surface area contributed by atoms with Crippen molar-refractivity contribution in [3.8, 4) is 0 Å². The van der Waals surface area contributed by atoms with Crippen LogP contribution in [0.2, 0.25) is 0 Å². The molecule has 2 rings (SSSR count). The van der Waals surface area contributed by atoms with Crippen LogP contribution in [0.4, 0.5) is 5.95 Å². The molecule has 0 aromatic carbocycles. The Morgan fingerprint density at radius 2 is 2.17 bits per heavy atom. The molecule has 6 heteroatoms. The largest absolute Gasteiger partial charge is 0.355 e. The minimum absolute atomic E-state index is 0.604. The summed E-state index contributed by atoms with van der Waals surface area (Å²) in [5.41, 5.74) is 0. The Bertz CT molecular complexity index is 484. The van der Waals surface area contributed by atoms with Crippen LogP contribution in [0.3, 0.4) is 0 Å². The Balaban J connectivity index is 1.91. The highest BCUT2D eigenvalue weighted by Crippen LogP contribution is 2.06. The predicted molar refractivity (Wildman–Crippen MR) is 70.3 cm³/mol. The van der Waals surface area contributed by atoms with Crippen molar-refractivity contribution in [2.24, 2.45) is 13.0 Å². The maximum atomic E-state index is 4.31. The van der Waals surface area contributed by atoms with Gasteiger partial charge in [-0.1, -0.05) is 13.8 Å². The monoisotopic (exact) mass is 248 g/mol. The van der Waals surface area contributed by atoms with E-state index in [1.165, 1.54) is 0 Å². The molecule has 18 heavy (non-hydrogen) atoms. The maximum absolute atomic E-state index is 4.31. The third kappa shape index (κ3) is 3.32. The van der Waals surface area contributed by atoms with Crippen molar-refractivity contribution < 1.29 is 0 Å². The van der Waals surface area contributed by atoms with E-state index in [1.807, 2.05) is 19.4 Å². The number of nitrogens with one attached hydrogen (secondary N) is 1. The van der Waals surface area contributed by atoms with Crippen LogP contribution in [0.15, 0.2) is 18.7 Å². The number of nitrogens with zero attached hydrogens (tertiary/aromatic N) is 5. The molecule has 0 radical (unpaired) electrons. The van der Waals surface area contributed by atoms with Gasteiger partial charge in [-0.15, -0.1) is 0 Å². The van der Waals surface area contributed by atoms with Gasteiger partial charge in [0.25, 0.3) is 0 Å². The summed E-state index contributed by atoms with van der Waals surface area (Å²) in [6, 6.07) is 0. The van der Waals surface area contributed by atoms with Gasteiger partial charge in [-0.3, -0.25) is 4.68 Å². The fourth-order valence-corrected chi connectivity index (χ4v) is 1.67. The molecule has 0 atom stereocenters. The Labute approximate surface area is 107 Å². The molecule has 0 amide bonds. The van der Waals surface area contributed by atoms with Crippen LogP contribution in [-0.4, -0.2) is 30.9 Å². The number of aromatic nitrogens is 5. The molecule has 0 bridgehead atoms. The maximum Gasteiger partial charge on any atom is 0.202 e. The Morgan fingerprint density at radius 1 is 1.33 bits per heavy atom. The SMILES string of the molecule is CC(C)CNc1nccn1CCc1ncn(C)n1. The lowest BCUT2D eigenvalue weighted by Crippen LogP contribution is -2.13. The first-order valence-electron chi connectivity index (χ1n) is 6.24. The molecule has 2 aromatic rings. The van der Waals surface area contributed by atoms with E-state index in [4.69, 9.17) is 0 Å². The average Bonchev–Trinajstić information content (AvgIpc) is 2.92. The zero-order valence-corrected chi connectivity index (χ0v) is 11.2. The van der Waals surface area contributed by atoms with Crippen LogP contribution >= 0.6 is 0 Å². The highest BCUT2D eigenvalue weighted by Gasteiger charge is 2.05. The molecule has 0 aliphatic carbocycles. The molecule has 98 valence electrons. The van der Waals surface area contributed by atoms with Crippen molar-refractivity contribution in [1.29, 1.82) is 0 Å². The molecular formula is C12H20N6. The third-order valence-electron chi connectivity index (χ3n) is 2.61. The first-order valence-corrected chi connectivity index (χ1v) is 6.24. The summed E-state index contributed by atoms with van der Waals surface area (Å²) in [5.74, 6) is 2.38. The van der Waals surface area contributed by atoms with Crippen LogP contribution in [0.1, 0.15) is 19.7 Å². The lowest BCUT2D eigenvalue weighted by atomic mass is 10.2. The molecule has 2 heterocycles. The van der Waals surface area contributed by atoms with E-state index in [1.54, 1.807) is 11.0 Å². The second-order valence-electron chi connectivity index (χ2n) is 4.80. The smallest absolute Gasteiger partial charge is 0.202 e. The van der Waals surface area contributed by atoms with Gasteiger partial charge in [-0.05, 0) is 5.92 Å². The average molecular weight is 248 g/mol. The summed E-state index contributed by atoms with van der Waals surface area (Å²) in [6.45, 7) is 6.12. The first kappa shape index (κ1) is 12.6. The van der Waals surface area contributed by atoms with Crippen LogP contribution in [-0.2, 0) is 20.0 Å². The normalized spacial score (nSPS) is 11.1. The van der Waals surface area contributed by atoms with Gasteiger partial charge in [0.1, 0.15) is 6.33 Å². The van der Waals surface area contributed by atoms with Crippen molar-refractivity contribution in [1.82, 2.24) is 24.3 Å². The quantitative estimate of drug-likeness (QED) is 0.837. The van der Waals surface area contributed by atoms with Gasteiger partial charge in [0, 0.05) is 39.0 Å². The second-order valence-corrected chi connectivity index (χ2v) is 4.80. The summed E-state index contributed by atoms with van der Waals surface area (Å²) in [6.07, 6.45) is 6.33. The van der Waals surface area contributed by atoms with Crippen LogP contribution in [0.5, 0.6) is 0 Å². The number of rotatable bonds is 6. The fraction of sp³-hybridized carbons (Fsp3) is 0.583. The predicted octanol–water partition coefficient (Wildman–Crippen LogP) is 1.32. The first-order chi connectivity index (χ1) is 8.65. The molecule has 0 unspecified atom stereocenters. The van der Waals surface area contributed by atoms with E-state index < -0.39 is 0 Å². The number of aryl methyl sites for hydroxylation is 3. The molecule has 2 aromatic heterocycles. The topological polar surface area (TPSA) is 60.6 Å². The summed E-state index contributed by atoms with van der Waals surface area (Å²) < 4.78 is 3.82. The summed E-state index contributed by atoms with van der Waals surface area (Å²) in [4.78, 5) is 8.53. The van der Waals surface area contributed by atoms with E-state index in [2.05, 4.69) is 38.8 Å². The minimum atomic E-state index is 0.604. The van der Waals surface area contributed by atoms with E-state index >= 15 is 0 Å². The van der Waals surface area contributed by atoms with Crippen molar-refractivity contribution in [2.45, 2.75) is 26.8 Å². The molecule has 0 aliphatic rings. The van der Waals surface area contributed by atoms with Crippen LogP contribution in [0.25, 0.3) is 0 Å². The van der Waals surface area contributed by atoms with Gasteiger partial charge < -0.3 is 9.88 Å². The molecule has 0 saturated carbocycles. The Morgan fingerprint density at radius 3 is 2.83 bits per heavy atom. The number of hydrogen-bond acceptors (Lipinski definition) is 4. The lowest BCUT2D eigenvalue weighted by molar-refractivity contribution is 0.645. The number of hydrogen-bond donors (Lipinski definition) is 1. The zero-order valence-electron chi connectivity index (χ0n) is 11.2. The molecule has 6 nitrogen and oxygen atoms in total. The van der Waals surface area contributed by atoms with Crippen LogP contribution < -0.4 is 5.32 Å².